The molecule has 1 heterocycles. The molecule has 1 saturated heterocycles. The topological polar surface area (TPSA) is 119 Å². The van der Waals surface area contributed by atoms with Crippen LogP contribution in [0.5, 0.6) is 5.75 Å². The van der Waals surface area contributed by atoms with Gasteiger partial charge < -0.3 is 9.29 Å². The van der Waals surface area contributed by atoms with E-state index < -0.39 is 37.9 Å². The van der Waals surface area contributed by atoms with Crippen LogP contribution in [0.4, 0.5) is 0 Å². The SMILES string of the molecule is CC#CCOc1ccc(S(=O)(=O)N2CC[S@+]([O-])C(C)(C)[C@@H]2C(=O)NO)cc1. The fourth-order valence-electron chi connectivity index (χ4n) is 2.84. The number of sulfonamides is 1. The van der Waals surface area contributed by atoms with Gasteiger partial charge in [0.25, 0.3) is 5.91 Å². The number of amides is 1. The van der Waals surface area contributed by atoms with Crippen LogP contribution in [0.2, 0.25) is 0 Å². The van der Waals surface area contributed by atoms with Gasteiger partial charge in [-0.15, -0.1) is 5.92 Å². The first-order valence-corrected chi connectivity index (χ1v) is 10.9. The number of hydrogen-bond acceptors (Lipinski definition) is 6. The quantitative estimate of drug-likeness (QED) is 0.313. The molecule has 0 radical (unpaired) electrons. The predicted molar refractivity (Wildman–Crippen MR) is 100 cm³/mol. The van der Waals surface area contributed by atoms with Crippen molar-refractivity contribution in [1.29, 1.82) is 0 Å². The second-order valence-corrected chi connectivity index (χ2v) is 10.4. The van der Waals surface area contributed by atoms with Crippen LogP contribution >= 0.6 is 0 Å². The van der Waals surface area contributed by atoms with Gasteiger partial charge >= 0.3 is 0 Å². The molecule has 1 amide bonds. The summed E-state index contributed by atoms with van der Waals surface area (Å²) in [5.74, 6) is 5.06. The van der Waals surface area contributed by atoms with Crippen molar-refractivity contribution in [3.05, 3.63) is 24.3 Å². The summed E-state index contributed by atoms with van der Waals surface area (Å²) < 4.78 is 43.7. The molecule has 1 aromatic carbocycles. The Bertz CT molecular complexity index is 842. The Kier molecular flexibility index (Phi) is 6.77. The zero-order valence-electron chi connectivity index (χ0n) is 15.3. The molecule has 2 atom stereocenters. The number of carbonyl (C=O) groups excluding carboxylic acids is 1. The molecule has 0 spiro atoms. The molecule has 148 valence electrons. The molecule has 10 heteroatoms. The number of hydrogen-bond donors (Lipinski definition) is 2. The summed E-state index contributed by atoms with van der Waals surface area (Å²) >= 11 is -1.43. The standard InChI is InChI=1S/C17H22N2O6S2/c1-4-5-11-25-13-6-8-14(9-7-13)27(23,24)19-10-12-26(22)17(2,3)15(19)16(20)18-21/h6-9,15,21H,10-12H2,1-3H3,(H,18,20)/t15-,26-/m0/s1. The average molecular weight is 415 g/mol. The third kappa shape index (κ3) is 4.39. The maximum Gasteiger partial charge on any atom is 0.267 e. The van der Waals surface area contributed by atoms with E-state index in [1.165, 1.54) is 43.6 Å². The molecule has 2 rings (SSSR count). The predicted octanol–water partition coefficient (Wildman–Crippen LogP) is 0.494. The van der Waals surface area contributed by atoms with Crippen LogP contribution in [-0.4, -0.2) is 58.1 Å². The molecule has 8 nitrogen and oxygen atoms in total. The van der Waals surface area contributed by atoms with E-state index in [0.29, 0.717) is 5.75 Å². The van der Waals surface area contributed by atoms with E-state index in [2.05, 4.69) is 11.8 Å². The van der Waals surface area contributed by atoms with Crippen molar-refractivity contribution in [2.24, 2.45) is 0 Å². The van der Waals surface area contributed by atoms with Gasteiger partial charge in [0.2, 0.25) is 10.0 Å². The van der Waals surface area contributed by atoms with Gasteiger partial charge in [-0.2, -0.15) is 4.31 Å². The highest BCUT2D eigenvalue weighted by atomic mass is 32.2. The fraction of sp³-hybridized carbons (Fsp3) is 0.471. The minimum absolute atomic E-state index is 0.0318. The van der Waals surface area contributed by atoms with Crippen molar-refractivity contribution >= 4 is 27.1 Å². The van der Waals surface area contributed by atoms with Crippen LogP contribution in [-0.2, 0) is 26.0 Å². The second kappa shape index (κ2) is 8.50. The van der Waals surface area contributed by atoms with Crippen molar-refractivity contribution in [1.82, 2.24) is 9.79 Å². The molecule has 0 saturated carbocycles. The van der Waals surface area contributed by atoms with Crippen LogP contribution < -0.4 is 10.2 Å². The Labute approximate surface area is 162 Å². The molecule has 0 aliphatic carbocycles. The highest BCUT2D eigenvalue weighted by Gasteiger charge is 2.55. The van der Waals surface area contributed by atoms with E-state index >= 15 is 0 Å². The van der Waals surface area contributed by atoms with E-state index in [4.69, 9.17) is 9.94 Å². The summed E-state index contributed by atoms with van der Waals surface area (Å²) in [4.78, 5) is 12.2. The van der Waals surface area contributed by atoms with Gasteiger partial charge in [-0.25, -0.2) is 13.9 Å². The highest BCUT2D eigenvalue weighted by Crippen LogP contribution is 2.34. The molecule has 1 aliphatic rings. The summed E-state index contributed by atoms with van der Waals surface area (Å²) in [6.45, 7) is 4.85. The Balaban J connectivity index is 2.35. The monoisotopic (exact) mass is 414 g/mol. The number of nitrogens with one attached hydrogen (secondary N) is 1. The van der Waals surface area contributed by atoms with Crippen molar-refractivity contribution in [2.75, 3.05) is 18.9 Å². The minimum atomic E-state index is -4.06. The summed E-state index contributed by atoms with van der Waals surface area (Å²) in [6, 6.07) is 4.43. The van der Waals surface area contributed by atoms with E-state index in [0.717, 1.165) is 4.31 Å². The average Bonchev–Trinajstić information content (AvgIpc) is 2.63. The molecule has 27 heavy (non-hydrogen) atoms. The third-order valence-corrected chi connectivity index (χ3v) is 8.14. The number of hydroxylamine groups is 1. The van der Waals surface area contributed by atoms with Crippen LogP contribution in [0.15, 0.2) is 29.2 Å². The first kappa shape index (κ1) is 21.5. The molecule has 1 aliphatic heterocycles. The number of nitrogens with zero attached hydrogens (tertiary/aromatic N) is 1. The molecular formula is C17H22N2O6S2. The Morgan fingerprint density at radius 1 is 1.44 bits per heavy atom. The minimum Gasteiger partial charge on any atom is -0.616 e. The summed E-state index contributed by atoms with van der Waals surface area (Å²) in [5.41, 5.74) is 1.49. The van der Waals surface area contributed by atoms with Crippen LogP contribution in [0, 0.1) is 11.8 Å². The molecule has 0 unspecified atom stereocenters. The molecular weight excluding hydrogens is 392 g/mol. The maximum absolute atomic E-state index is 13.1. The molecule has 2 N–H and O–H groups in total. The fourth-order valence-corrected chi connectivity index (χ4v) is 6.11. The lowest BCUT2D eigenvalue weighted by molar-refractivity contribution is -0.134. The summed E-state index contributed by atoms with van der Waals surface area (Å²) in [7, 11) is -4.06. The number of rotatable bonds is 5. The maximum atomic E-state index is 13.1. The Hall–Kier alpha value is -1.77. The van der Waals surface area contributed by atoms with Crippen molar-refractivity contribution in [2.45, 2.75) is 36.5 Å². The van der Waals surface area contributed by atoms with Gasteiger partial charge in [-0.3, -0.25) is 10.0 Å². The zero-order valence-corrected chi connectivity index (χ0v) is 16.9. The lowest BCUT2D eigenvalue weighted by atomic mass is 10.0. The lowest BCUT2D eigenvalue weighted by Gasteiger charge is -2.44. The Morgan fingerprint density at radius 2 is 2.07 bits per heavy atom. The van der Waals surface area contributed by atoms with Crippen LogP contribution in [0.3, 0.4) is 0 Å². The van der Waals surface area contributed by atoms with E-state index in [-0.39, 0.29) is 23.8 Å². The normalized spacial score (nSPS) is 22.4. The first-order chi connectivity index (χ1) is 12.7. The van der Waals surface area contributed by atoms with Gasteiger partial charge in [-0.05, 0) is 56.2 Å². The molecule has 0 aromatic heterocycles. The summed E-state index contributed by atoms with van der Waals surface area (Å²) in [5, 5.41) is 9.05. The number of benzene rings is 1. The van der Waals surface area contributed by atoms with Gasteiger partial charge in [0.05, 0.1) is 11.4 Å². The third-order valence-electron chi connectivity index (χ3n) is 4.31. The number of ether oxygens (including phenoxy) is 1. The zero-order chi connectivity index (χ0) is 20.2. The largest absolute Gasteiger partial charge is 0.616 e. The smallest absolute Gasteiger partial charge is 0.267 e. The number of carbonyl (C=O) groups is 1. The van der Waals surface area contributed by atoms with E-state index in [9.17, 15) is 17.8 Å². The van der Waals surface area contributed by atoms with Crippen LogP contribution in [0.1, 0.15) is 20.8 Å². The lowest BCUT2D eigenvalue weighted by Crippen LogP contribution is -2.66. The molecule has 0 bridgehead atoms. The summed E-state index contributed by atoms with van der Waals surface area (Å²) in [6.07, 6.45) is 0. The van der Waals surface area contributed by atoms with Gasteiger partial charge in [0, 0.05) is 0 Å². The van der Waals surface area contributed by atoms with Crippen molar-refractivity contribution < 1.29 is 27.7 Å². The molecule has 1 aromatic rings. The van der Waals surface area contributed by atoms with Gasteiger partial charge in [-0.1, -0.05) is 5.92 Å². The van der Waals surface area contributed by atoms with E-state index in [1.54, 1.807) is 6.92 Å². The van der Waals surface area contributed by atoms with E-state index in [1.807, 2.05) is 0 Å². The second-order valence-electron chi connectivity index (χ2n) is 6.33. The Morgan fingerprint density at radius 3 is 2.63 bits per heavy atom. The molecule has 1 fully saturated rings. The van der Waals surface area contributed by atoms with Crippen molar-refractivity contribution in [3.63, 3.8) is 0 Å². The van der Waals surface area contributed by atoms with Crippen LogP contribution in [0.25, 0.3) is 0 Å². The van der Waals surface area contributed by atoms with Gasteiger partial charge in [0.15, 0.2) is 6.04 Å². The van der Waals surface area contributed by atoms with Gasteiger partial charge in [0.1, 0.15) is 22.9 Å². The van der Waals surface area contributed by atoms with Crippen molar-refractivity contribution in [3.8, 4) is 17.6 Å². The highest BCUT2D eigenvalue weighted by molar-refractivity contribution is 7.93. The first-order valence-electron chi connectivity index (χ1n) is 8.13.